The lowest BCUT2D eigenvalue weighted by Crippen LogP contribution is -2.58. The van der Waals surface area contributed by atoms with Gasteiger partial charge in [-0.2, -0.15) is 0 Å². The summed E-state index contributed by atoms with van der Waals surface area (Å²) in [5.74, 6) is 0.500. The zero-order valence-electron chi connectivity index (χ0n) is 24.8. The number of aliphatic hydroxyl groups is 1. The lowest BCUT2D eigenvalue weighted by atomic mass is 9.47. The fraction of sp³-hybridized carbons (Fsp3) is 0.677. The van der Waals surface area contributed by atoms with E-state index in [2.05, 4.69) is 27.4 Å². The zero-order chi connectivity index (χ0) is 29.5. The molecule has 4 rings (SSSR count). The van der Waals surface area contributed by atoms with Crippen LogP contribution in [-0.2, 0) is 25.6 Å². The first-order valence-electron chi connectivity index (χ1n) is 14.4. The van der Waals surface area contributed by atoms with E-state index in [1.54, 1.807) is 25.1 Å². The van der Waals surface area contributed by atoms with Crippen molar-refractivity contribution in [3.63, 3.8) is 0 Å². The van der Waals surface area contributed by atoms with Gasteiger partial charge in [0.25, 0.3) is 0 Å². The second kappa shape index (κ2) is 11.5. The van der Waals surface area contributed by atoms with Crippen LogP contribution in [0.25, 0.3) is 0 Å². The van der Waals surface area contributed by atoms with E-state index in [4.69, 9.17) is 18.9 Å². The molecule has 1 aromatic carbocycles. The molecular formula is C31H45BO8. The number of aliphatic hydroxyl groups excluding tert-OH is 1. The summed E-state index contributed by atoms with van der Waals surface area (Å²) in [5, 5.41) is 21.9. The van der Waals surface area contributed by atoms with Crippen molar-refractivity contribution in [1.82, 2.24) is 0 Å². The van der Waals surface area contributed by atoms with Crippen molar-refractivity contribution < 1.29 is 38.6 Å². The molecule has 2 saturated carbocycles. The van der Waals surface area contributed by atoms with Crippen LogP contribution in [0.15, 0.2) is 24.8 Å². The quantitative estimate of drug-likeness (QED) is 0.267. The van der Waals surface area contributed by atoms with E-state index >= 15 is 0 Å². The van der Waals surface area contributed by atoms with Gasteiger partial charge in [-0.1, -0.05) is 39.8 Å². The Balaban J connectivity index is 1.60. The van der Waals surface area contributed by atoms with E-state index in [0.29, 0.717) is 36.2 Å². The molecule has 1 heterocycles. The molecule has 40 heavy (non-hydrogen) atoms. The number of ether oxygens (including phenoxy) is 3. The van der Waals surface area contributed by atoms with Gasteiger partial charge in [0.2, 0.25) is 0 Å². The monoisotopic (exact) mass is 556 g/mol. The zero-order valence-corrected chi connectivity index (χ0v) is 24.8. The molecule has 0 radical (unpaired) electrons. The third-order valence-electron chi connectivity index (χ3n) is 10.6. The Morgan fingerprint density at radius 1 is 1.27 bits per heavy atom. The summed E-state index contributed by atoms with van der Waals surface area (Å²) >= 11 is 0. The normalized spacial score (nSPS) is 35.2. The van der Waals surface area contributed by atoms with Crippen molar-refractivity contribution in [1.29, 1.82) is 0 Å². The van der Waals surface area contributed by atoms with E-state index < -0.39 is 30.7 Å². The summed E-state index contributed by atoms with van der Waals surface area (Å²) in [5.41, 5.74) is 0.00108. The molecule has 7 atom stereocenters. The molecule has 2 N–H and O–H groups in total. The van der Waals surface area contributed by atoms with Crippen LogP contribution in [0, 0.1) is 28.1 Å². The van der Waals surface area contributed by atoms with Crippen LogP contribution in [0.4, 0.5) is 0 Å². The molecule has 0 aromatic heterocycles. The van der Waals surface area contributed by atoms with Crippen LogP contribution in [0.1, 0.15) is 78.7 Å². The Labute approximate surface area is 238 Å². The minimum absolute atomic E-state index is 0.0479. The lowest BCUT2D eigenvalue weighted by Gasteiger charge is -2.60. The maximum Gasteiger partial charge on any atom is 0.495 e. The number of carbonyl (C=O) groups excluding carboxylic acids is 2. The van der Waals surface area contributed by atoms with E-state index in [0.717, 1.165) is 24.8 Å². The van der Waals surface area contributed by atoms with Crippen molar-refractivity contribution in [2.75, 3.05) is 13.7 Å². The third kappa shape index (κ3) is 5.44. The Kier molecular flexibility index (Phi) is 8.79. The smallest absolute Gasteiger partial charge is 0.493 e. The minimum Gasteiger partial charge on any atom is -0.493 e. The molecule has 2 fully saturated rings. The molecule has 0 unspecified atom stereocenters. The Morgan fingerprint density at radius 3 is 2.65 bits per heavy atom. The van der Waals surface area contributed by atoms with Crippen molar-refractivity contribution in [3.8, 4) is 11.5 Å². The van der Waals surface area contributed by atoms with Gasteiger partial charge in [-0.15, -0.1) is 6.58 Å². The van der Waals surface area contributed by atoms with Crippen molar-refractivity contribution in [2.24, 2.45) is 28.1 Å². The van der Waals surface area contributed by atoms with Gasteiger partial charge in [-0.05, 0) is 67.9 Å². The Hall–Kier alpha value is -2.36. The second-order valence-electron chi connectivity index (χ2n) is 12.9. The molecule has 2 bridgehead atoms. The summed E-state index contributed by atoms with van der Waals surface area (Å²) in [7, 11) is 0.365. The van der Waals surface area contributed by atoms with Gasteiger partial charge in [-0.25, -0.2) is 4.79 Å². The first kappa shape index (κ1) is 30.6. The molecule has 0 spiro atoms. The van der Waals surface area contributed by atoms with Gasteiger partial charge in [0.1, 0.15) is 11.9 Å². The standard InChI is InChI=1S/C31H45BO8/c1-8-29(5)15-24(30(6)18-31(13-11-19(30)2,14-12-20(3)33)21(4)28(29)35)40-25(34)17-38-23-10-9-22-16-39-32(36)26(22)27(23)37-7/h8-10,19,21,24,28,35-36H,1,11-18H2,2-7H3/t19-,21+,24-,28+,29-,30+,31-/m1/s1. The highest BCUT2D eigenvalue weighted by molar-refractivity contribution is 6.62. The maximum atomic E-state index is 13.3. The highest BCUT2D eigenvalue weighted by Gasteiger charge is 2.58. The van der Waals surface area contributed by atoms with Gasteiger partial charge in [0, 0.05) is 22.7 Å². The Morgan fingerprint density at radius 2 is 2.00 bits per heavy atom. The van der Waals surface area contributed by atoms with Gasteiger partial charge in [0.05, 0.1) is 19.8 Å². The molecule has 1 aromatic rings. The number of benzene rings is 1. The number of rotatable bonds is 9. The highest BCUT2D eigenvalue weighted by Crippen LogP contribution is 2.62. The summed E-state index contributed by atoms with van der Waals surface area (Å²) in [6.07, 6.45) is 4.81. The minimum atomic E-state index is -1.11. The van der Waals surface area contributed by atoms with E-state index in [-0.39, 0.29) is 41.7 Å². The molecule has 0 amide bonds. The lowest BCUT2D eigenvalue weighted by molar-refractivity contribution is -0.190. The predicted molar refractivity (Wildman–Crippen MR) is 152 cm³/mol. The fourth-order valence-corrected chi connectivity index (χ4v) is 7.50. The number of esters is 1. The number of hydrogen-bond donors (Lipinski definition) is 2. The average Bonchev–Trinajstić information content (AvgIpc) is 3.31. The molecule has 9 heteroatoms. The highest BCUT2D eigenvalue weighted by atomic mass is 16.6. The molecule has 8 nitrogen and oxygen atoms in total. The van der Waals surface area contributed by atoms with E-state index in [9.17, 15) is 19.7 Å². The second-order valence-corrected chi connectivity index (χ2v) is 12.9. The van der Waals surface area contributed by atoms with Crippen molar-refractivity contribution in [2.45, 2.75) is 92.0 Å². The van der Waals surface area contributed by atoms with Gasteiger partial charge in [-0.3, -0.25) is 0 Å². The molecule has 1 aliphatic heterocycles. The van der Waals surface area contributed by atoms with Crippen molar-refractivity contribution >= 4 is 24.3 Å². The number of methoxy groups -OCH3 is 1. The van der Waals surface area contributed by atoms with E-state index in [1.807, 2.05) is 6.92 Å². The topological polar surface area (TPSA) is 112 Å². The predicted octanol–water partition coefficient (Wildman–Crippen LogP) is 3.98. The number of hydrogen-bond acceptors (Lipinski definition) is 8. The van der Waals surface area contributed by atoms with Crippen molar-refractivity contribution in [3.05, 3.63) is 30.4 Å². The van der Waals surface area contributed by atoms with E-state index in [1.165, 1.54) is 7.11 Å². The van der Waals surface area contributed by atoms with Crippen LogP contribution >= 0.6 is 0 Å². The van der Waals surface area contributed by atoms with Crippen LogP contribution < -0.4 is 14.9 Å². The van der Waals surface area contributed by atoms with Crippen LogP contribution in [0.5, 0.6) is 11.5 Å². The Bertz CT molecular complexity index is 1140. The number of ketones is 1. The molecule has 2 aliphatic carbocycles. The number of Topliss-reactive ketones (excluding diaryl/α,β-unsaturated/α-hetero) is 1. The maximum absolute atomic E-state index is 13.3. The largest absolute Gasteiger partial charge is 0.495 e. The molecule has 0 saturated heterocycles. The summed E-state index contributed by atoms with van der Waals surface area (Å²) in [6.45, 7) is 14.1. The first-order valence-corrected chi connectivity index (χ1v) is 14.4. The summed E-state index contributed by atoms with van der Waals surface area (Å²) in [4.78, 5) is 25.4. The van der Waals surface area contributed by atoms with Gasteiger partial charge < -0.3 is 33.8 Å². The van der Waals surface area contributed by atoms with Crippen LogP contribution in [0.3, 0.4) is 0 Å². The van der Waals surface area contributed by atoms with Gasteiger partial charge in [0.15, 0.2) is 18.1 Å². The molecule has 220 valence electrons. The molecular weight excluding hydrogens is 511 g/mol. The molecule has 3 aliphatic rings. The van der Waals surface area contributed by atoms with Crippen LogP contribution in [0.2, 0.25) is 0 Å². The number of fused-ring (bicyclic) bond motifs is 3. The third-order valence-corrected chi connectivity index (χ3v) is 10.6. The first-order chi connectivity index (χ1) is 18.8. The summed E-state index contributed by atoms with van der Waals surface area (Å²) < 4.78 is 22.9. The number of carbonyl (C=O) groups is 2. The summed E-state index contributed by atoms with van der Waals surface area (Å²) in [6, 6.07) is 3.48. The SMILES string of the molecule is C=C[C@]1(C)C[C@@H](OC(=O)COc2ccc3c(c2OC)B(O)OC3)[C@@]2(C)C[C@](CCC(C)=O)(CC[C@H]2C)[C@@H](C)[C@@H]1O. The fourth-order valence-electron chi connectivity index (χ4n) is 7.50. The van der Waals surface area contributed by atoms with Gasteiger partial charge >= 0.3 is 13.1 Å². The average molecular weight is 557 g/mol. The van der Waals surface area contributed by atoms with Crippen LogP contribution in [-0.4, -0.2) is 54.9 Å².